The van der Waals surface area contributed by atoms with Crippen molar-refractivity contribution in [1.82, 2.24) is 0 Å². The summed E-state index contributed by atoms with van der Waals surface area (Å²) in [7, 11) is 0. The zero-order chi connectivity index (χ0) is 15.9. The van der Waals surface area contributed by atoms with Crippen LogP contribution >= 0.6 is 11.6 Å². The molecule has 114 valence electrons. The van der Waals surface area contributed by atoms with Gasteiger partial charge in [0.25, 0.3) is 0 Å². The second-order valence-electron chi connectivity index (χ2n) is 4.74. The molecule has 4 heteroatoms. The van der Waals surface area contributed by atoms with Crippen LogP contribution < -0.4 is 5.32 Å². The summed E-state index contributed by atoms with van der Waals surface area (Å²) in [4.78, 5) is 12.0. The molecule has 0 aliphatic rings. The van der Waals surface area contributed by atoms with Gasteiger partial charge in [-0.3, -0.25) is 0 Å². The second-order valence-corrected chi connectivity index (χ2v) is 5.18. The highest BCUT2D eigenvalue weighted by molar-refractivity contribution is 6.30. The third kappa shape index (κ3) is 4.12. The van der Waals surface area contributed by atoms with Crippen LogP contribution in [0.4, 0.5) is 5.69 Å². The Bertz CT molecular complexity index is 638. The van der Waals surface area contributed by atoms with Crippen LogP contribution in [0, 0.1) is 0 Å². The smallest absolute Gasteiger partial charge is 0.335 e. The topological polar surface area (TPSA) is 38.3 Å². The zero-order valence-electron chi connectivity index (χ0n) is 12.4. The highest BCUT2D eigenvalue weighted by atomic mass is 35.5. The van der Waals surface area contributed by atoms with Crippen LogP contribution in [0.1, 0.15) is 18.5 Å². The van der Waals surface area contributed by atoms with E-state index in [1.54, 1.807) is 19.1 Å². The summed E-state index contributed by atoms with van der Waals surface area (Å²) in [5.74, 6) is -0.405. The Hall–Kier alpha value is -2.26. The number of rotatable bonds is 6. The molecular weight excluding hydrogens is 298 g/mol. The molecule has 0 aliphatic heterocycles. The Morgan fingerprint density at radius 2 is 1.82 bits per heavy atom. The van der Waals surface area contributed by atoms with E-state index in [9.17, 15) is 4.79 Å². The molecule has 3 nitrogen and oxygen atoms in total. The molecule has 0 aliphatic carbocycles. The van der Waals surface area contributed by atoms with Gasteiger partial charge in [-0.25, -0.2) is 4.79 Å². The van der Waals surface area contributed by atoms with Gasteiger partial charge >= 0.3 is 5.97 Å². The number of nitrogens with one attached hydrogen (secondary N) is 1. The van der Waals surface area contributed by atoms with E-state index in [-0.39, 0.29) is 6.04 Å². The predicted molar refractivity (Wildman–Crippen MR) is 90.0 cm³/mol. The first kappa shape index (κ1) is 16.1. The molecule has 2 rings (SSSR count). The van der Waals surface area contributed by atoms with Crippen molar-refractivity contribution < 1.29 is 9.53 Å². The molecule has 0 spiro atoms. The van der Waals surface area contributed by atoms with Crippen molar-refractivity contribution in [3.63, 3.8) is 0 Å². The molecule has 1 unspecified atom stereocenters. The fraction of sp³-hybridized carbons (Fsp3) is 0.167. The second kappa shape index (κ2) is 7.66. The normalized spacial score (nSPS) is 11.5. The Kier molecular flexibility index (Phi) is 5.61. The van der Waals surface area contributed by atoms with Gasteiger partial charge < -0.3 is 10.1 Å². The van der Waals surface area contributed by atoms with Crippen LogP contribution in [0.5, 0.6) is 0 Å². The molecule has 0 saturated carbocycles. The number of anilines is 1. The number of halogens is 1. The molecule has 0 heterocycles. The molecule has 0 fully saturated rings. The lowest BCUT2D eigenvalue weighted by molar-refractivity contribution is -0.138. The third-order valence-electron chi connectivity index (χ3n) is 3.17. The minimum atomic E-state index is -0.405. The van der Waals surface area contributed by atoms with E-state index in [2.05, 4.69) is 11.9 Å². The molecule has 2 aromatic rings. The maximum atomic E-state index is 12.0. The molecular formula is C18H18ClNO2. The summed E-state index contributed by atoms with van der Waals surface area (Å²) in [6.07, 6.45) is 0. The summed E-state index contributed by atoms with van der Waals surface area (Å²) in [6.45, 7) is 5.99. The van der Waals surface area contributed by atoms with Gasteiger partial charge in [0.05, 0.1) is 18.2 Å². The minimum Gasteiger partial charge on any atom is -0.463 e. The van der Waals surface area contributed by atoms with E-state index in [1.165, 1.54) is 0 Å². The molecule has 0 radical (unpaired) electrons. The molecule has 0 aromatic heterocycles. The standard InChI is InChI=1S/C18H18ClNO2/c1-3-22-18(21)13(2)17(14-7-5-4-6-8-14)20-16-11-9-15(19)10-12-16/h4-12,17,20H,2-3H2,1H3. The fourth-order valence-electron chi connectivity index (χ4n) is 2.07. The number of carbonyl (C=O) groups is 1. The number of carbonyl (C=O) groups excluding carboxylic acids is 1. The number of esters is 1. The first-order valence-corrected chi connectivity index (χ1v) is 7.42. The lowest BCUT2D eigenvalue weighted by Crippen LogP contribution is -2.20. The molecule has 0 amide bonds. The predicted octanol–water partition coefficient (Wildman–Crippen LogP) is 4.61. The molecule has 2 aromatic carbocycles. The fourth-order valence-corrected chi connectivity index (χ4v) is 2.20. The van der Waals surface area contributed by atoms with E-state index >= 15 is 0 Å². The van der Waals surface area contributed by atoms with Crippen molar-refractivity contribution in [3.8, 4) is 0 Å². The van der Waals surface area contributed by atoms with Gasteiger partial charge in [0.15, 0.2) is 0 Å². The van der Waals surface area contributed by atoms with Gasteiger partial charge in [0, 0.05) is 10.7 Å². The van der Waals surface area contributed by atoms with Crippen molar-refractivity contribution in [1.29, 1.82) is 0 Å². The molecule has 1 atom stereocenters. The van der Waals surface area contributed by atoms with Gasteiger partial charge in [0.2, 0.25) is 0 Å². The SMILES string of the molecule is C=C(C(=O)OCC)C(Nc1ccc(Cl)cc1)c1ccccc1. The quantitative estimate of drug-likeness (QED) is 0.625. The van der Waals surface area contributed by atoms with Gasteiger partial charge in [-0.15, -0.1) is 0 Å². The summed E-state index contributed by atoms with van der Waals surface area (Å²) in [6, 6.07) is 16.6. The Balaban J connectivity index is 2.27. The lowest BCUT2D eigenvalue weighted by Gasteiger charge is -2.21. The largest absolute Gasteiger partial charge is 0.463 e. The number of hydrogen-bond donors (Lipinski definition) is 1. The summed E-state index contributed by atoms with van der Waals surface area (Å²) < 4.78 is 5.06. The third-order valence-corrected chi connectivity index (χ3v) is 3.43. The van der Waals surface area contributed by atoms with E-state index in [1.807, 2.05) is 42.5 Å². The Morgan fingerprint density at radius 1 is 1.18 bits per heavy atom. The Labute approximate surface area is 135 Å². The van der Waals surface area contributed by atoms with Crippen LogP contribution in [-0.2, 0) is 9.53 Å². The summed E-state index contributed by atoms with van der Waals surface area (Å²) in [5, 5.41) is 3.96. The summed E-state index contributed by atoms with van der Waals surface area (Å²) in [5.41, 5.74) is 2.15. The van der Waals surface area contributed by atoms with Crippen molar-refractivity contribution in [2.75, 3.05) is 11.9 Å². The maximum Gasteiger partial charge on any atom is 0.335 e. The summed E-state index contributed by atoms with van der Waals surface area (Å²) >= 11 is 5.90. The van der Waals surface area contributed by atoms with Gasteiger partial charge in [-0.05, 0) is 36.8 Å². The first-order valence-electron chi connectivity index (χ1n) is 7.04. The van der Waals surface area contributed by atoms with Crippen molar-refractivity contribution in [3.05, 3.63) is 77.3 Å². The monoisotopic (exact) mass is 315 g/mol. The van der Waals surface area contributed by atoms with Crippen molar-refractivity contribution >= 4 is 23.3 Å². The average molecular weight is 316 g/mol. The number of ether oxygens (including phenoxy) is 1. The highest BCUT2D eigenvalue weighted by Gasteiger charge is 2.21. The van der Waals surface area contributed by atoms with E-state index in [0.717, 1.165) is 11.3 Å². The lowest BCUT2D eigenvalue weighted by atomic mass is 9.99. The van der Waals surface area contributed by atoms with Crippen LogP contribution in [0.2, 0.25) is 5.02 Å². The van der Waals surface area contributed by atoms with E-state index < -0.39 is 5.97 Å². The molecule has 0 bridgehead atoms. The van der Waals surface area contributed by atoms with Gasteiger partial charge in [0.1, 0.15) is 0 Å². The zero-order valence-corrected chi connectivity index (χ0v) is 13.1. The maximum absolute atomic E-state index is 12.0. The van der Waals surface area contributed by atoms with Crippen LogP contribution in [0.15, 0.2) is 66.7 Å². The van der Waals surface area contributed by atoms with Crippen LogP contribution in [0.25, 0.3) is 0 Å². The first-order chi connectivity index (χ1) is 10.6. The Morgan fingerprint density at radius 3 is 2.41 bits per heavy atom. The van der Waals surface area contributed by atoms with E-state index in [0.29, 0.717) is 17.2 Å². The minimum absolute atomic E-state index is 0.320. The van der Waals surface area contributed by atoms with Crippen LogP contribution in [-0.4, -0.2) is 12.6 Å². The number of hydrogen-bond acceptors (Lipinski definition) is 3. The van der Waals surface area contributed by atoms with Gasteiger partial charge in [-0.2, -0.15) is 0 Å². The van der Waals surface area contributed by atoms with Crippen LogP contribution in [0.3, 0.4) is 0 Å². The van der Waals surface area contributed by atoms with Crippen molar-refractivity contribution in [2.24, 2.45) is 0 Å². The van der Waals surface area contributed by atoms with E-state index in [4.69, 9.17) is 16.3 Å². The molecule has 1 N–H and O–H groups in total. The van der Waals surface area contributed by atoms with Gasteiger partial charge in [-0.1, -0.05) is 48.5 Å². The molecule has 22 heavy (non-hydrogen) atoms. The number of benzene rings is 2. The highest BCUT2D eigenvalue weighted by Crippen LogP contribution is 2.27. The average Bonchev–Trinajstić information content (AvgIpc) is 2.55. The van der Waals surface area contributed by atoms with Crippen molar-refractivity contribution in [2.45, 2.75) is 13.0 Å². The molecule has 0 saturated heterocycles.